The van der Waals surface area contributed by atoms with Gasteiger partial charge in [-0.3, -0.25) is 0 Å². The molecule has 0 bridgehead atoms. The molecule has 2 aromatic heterocycles. The van der Waals surface area contributed by atoms with Gasteiger partial charge in [0.15, 0.2) is 0 Å². The molecule has 0 amide bonds. The van der Waals surface area contributed by atoms with Gasteiger partial charge >= 0.3 is 0 Å². The highest BCUT2D eigenvalue weighted by atomic mass is 32.1. The summed E-state index contributed by atoms with van der Waals surface area (Å²) in [5.74, 6) is 1.04. The van der Waals surface area contributed by atoms with Gasteiger partial charge in [-0.25, -0.2) is 0 Å². The quantitative estimate of drug-likeness (QED) is 0.766. The Morgan fingerprint density at radius 1 is 1.21 bits per heavy atom. The molecule has 0 radical (unpaired) electrons. The summed E-state index contributed by atoms with van der Waals surface area (Å²) in [7, 11) is 0. The van der Waals surface area contributed by atoms with Crippen LogP contribution in [0.5, 0.6) is 5.75 Å². The van der Waals surface area contributed by atoms with Crippen LogP contribution in [0.15, 0.2) is 46.3 Å². The Balaban J connectivity index is 1.89. The number of phenols is 1. The van der Waals surface area contributed by atoms with E-state index in [1.165, 1.54) is 0 Å². The molecule has 0 saturated carbocycles. The number of hydrogen-bond acceptors (Lipinski definition) is 6. The number of benzene rings is 1. The van der Waals surface area contributed by atoms with Gasteiger partial charge in [0.2, 0.25) is 11.7 Å². The van der Waals surface area contributed by atoms with E-state index >= 15 is 0 Å². The molecular formula is C13H11N3O2S. The second kappa shape index (κ2) is 4.83. The summed E-state index contributed by atoms with van der Waals surface area (Å²) in [6.07, 6.45) is 0. The highest BCUT2D eigenvalue weighted by Gasteiger charge is 2.18. The number of nitrogens with two attached hydrogens (primary N) is 1. The molecule has 0 aliphatic rings. The smallest absolute Gasteiger partial charge is 0.249 e. The molecule has 3 rings (SSSR count). The molecule has 3 aromatic rings. The molecular weight excluding hydrogens is 262 g/mol. The molecule has 3 N–H and O–H groups in total. The fourth-order valence-corrected chi connectivity index (χ4v) is 2.40. The van der Waals surface area contributed by atoms with Gasteiger partial charge in [0.25, 0.3) is 0 Å². The normalized spacial score (nSPS) is 12.5. The van der Waals surface area contributed by atoms with Crippen molar-refractivity contribution in [3.8, 4) is 17.1 Å². The Kier molecular flexibility index (Phi) is 3.02. The molecule has 0 saturated heterocycles. The zero-order valence-electron chi connectivity index (χ0n) is 9.85. The molecule has 19 heavy (non-hydrogen) atoms. The molecule has 1 atom stereocenters. The van der Waals surface area contributed by atoms with Gasteiger partial charge in [0.05, 0.1) is 0 Å². The molecule has 1 aromatic carbocycles. The fourth-order valence-electron chi connectivity index (χ4n) is 1.68. The lowest BCUT2D eigenvalue weighted by Crippen LogP contribution is -2.10. The molecule has 0 aliphatic carbocycles. The number of aromatic hydroxyl groups is 1. The first-order valence-electron chi connectivity index (χ1n) is 5.66. The second-order valence-electron chi connectivity index (χ2n) is 4.00. The summed E-state index contributed by atoms with van der Waals surface area (Å²) in [6.45, 7) is 0. The average Bonchev–Trinajstić information content (AvgIpc) is 3.10. The van der Waals surface area contributed by atoms with Crippen LogP contribution in [0.1, 0.15) is 16.8 Å². The number of hydrogen-bond donors (Lipinski definition) is 2. The van der Waals surface area contributed by atoms with Crippen LogP contribution in [0.25, 0.3) is 11.4 Å². The molecule has 96 valence electrons. The van der Waals surface area contributed by atoms with E-state index in [4.69, 9.17) is 10.3 Å². The zero-order chi connectivity index (χ0) is 13.2. The van der Waals surface area contributed by atoms with Gasteiger partial charge in [-0.1, -0.05) is 11.2 Å². The van der Waals surface area contributed by atoms with Crippen LogP contribution in [-0.4, -0.2) is 15.2 Å². The van der Waals surface area contributed by atoms with Gasteiger partial charge in [-0.2, -0.15) is 4.98 Å². The van der Waals surface area contributed by atoms with E-state index in [0.717, 1.165) is 10.4 Å². The van der Waals surface area contributed by atoms with Gasteiger partial charge in [-0.05, 0) is 35.7 Å². The maximum atomic E-state index is 9.24. The second-order valence-corrected chi connectivity index (χ2v) is 4.98. The number of rotatable bonds is 3. The van der Waals surface area contributed by atoms with Gasteiger partial charge < -0.3 is 15.4 Å². The van der Waals surface area contributed by atoms with Crippen molar-refractivity contribution in [3.05, 3.63) is 52.5 Å². The van der Waals surface area contributed by atoms with Crippen molar-refractivity contribution >= 4 is 11.3 Å². The predicted octanol–water partition coefficient (Wildman–Crippen LogP) is 2.55. The topological polar surface area (TPSA) is 85.2 Å². The van der Waals surface area contributed by atoms with E-state index in [2.05, 4.69) is 10.1 Å². The van der Waals surface area contributed by atoms with Crippen molar-refractivity contribution in [1.82, 2.24) is 10.1 Å². The van der Waals surface area contributed by atoms with Crippen molar-refractivity contribution in [2.24, 2.45) is 5.73 Å². The van der Waals surface area contributed by atoms with Crippen molar-refractivity contribution in [3.63, 3.8) is 0 Å². The maximum Gasteiger partial charge on any atom is 0.249 e. The number of thiophene rings is 1. The Morgan fingerprint density at radius 2 is 2.00 bits per heavy atom. The lowest BCUT2D eigenvalue weighted by Gasteiger charge is -2.01. The summed E-state index contributed by atoms with van der Waals surface area (Å²) < 4.78 is 5.19. The number of phenolic OH excluding ortho intramolecular Hbond substituents is 1. The molecule has 2 heterocycles. The minimum Gasteiger partial charge on any atom is -0.508 e. The van der Waals surface area contributed by atoms with Gasteiger partial charge in [-0.15, -0.1) is 11.3 Å². The van der Waals surface area contributed by atoms with Crippen LogP contribution in [0.2, 0.25) is 0 Å². The molecule has 0 spiro atoms. The van der Waals surface area contributed by atoms with Crippen molar-refractivity contribution in [2.45, 2.75) is 6.04 Å². The Hall–Kier alpha value is -2.18. The van der Waals surface area contributed by atoms with Crippen molar-refractivity contribution < 1.29 is 9.63 Å². The highest BCUT2D eigenvalue weighted by molar-refractivity contribution is 7.10. The number of nitrogens with zero attached hydrogens (tertiary/aromatic N) is 2. The maximum absolute atomic E-state index is 9.24. The third-order valence-electron chi connectivity index (χ3n) is 2.68. The van der Waals surface area contributed by atoms with Crippen LogP contribution < -0.4 is 5.73 Å². The predicted molar refractivity (Wildman–Crippen MR) is 71.7 cm³/mol. The van der Waals surface area contributed by atoms with E-state index in [9.17, 15) is 5.11 Å². The minimum absolute atomic E-state index is 0.197. The Morgan fingerprint density at radius 3 is 2.68 bits per heavy atom. The third-order valence-corrected chi connectivity index (χ3v) is 3.64. The lowest BCUT2D eigenvalue weighted by molar-refractivity contribution is 0.368. The standard InChI is InChI=1S/C13H11N3O2S/c14-11(10-2-1-7-19-10)13-15-12(16-18-13)8-3-5-9(17)6-4-8/h1-7,11,17H,14H2. The van der Waals surface area contributed by atoms with E-state index in [-0.39, 0.29) is 5.75 Å². The zero-order valence-corrected chi connectivity index (χ0v) is 10.7. The molecule has 0 fully saturated rings. The SMILES string of the molecule is NC(c1nc(-c2ccc(O)cc2)no1)c1cccs1. The summed E-state index contributed by atoms with van der Waals surface area (Å²) in [5.41, 5.74) is 6.82. The first-order valence-corrected chi connectivity index (χ1v) is 6.54. The van der Waals surface area contributed by atoms with Crippen LogP contribution in [0.3, 0.4) is 0 Å². The monoisotopic (exact) mass is 273 g/mol. The van der Waals surface area contributed by atoms with Gasteiger partial charge in [0, 0.05) is 10.4 Å². The van der Waals surface area contributed by atoms with Crippen LogP contribution in [-0.2, 0) is 0 Å². The third kappa shape index (κ3) is 2.35. The van der Waals surface area contributed by atoms with E-state index in [1.807, 2.05) is 17.5 Å². The largest absolute Gasteiger partial charge is 0.508 e. The van der Waals surface area contributed by atoms with E-state index in [0.29, 0.717) is 11.7 Å². The van der Waals surface area contributed by atoms with E-state index in [1.54, 1.807) is 35.6 Å². The Bertz CT molecular complexity index is 662. The first kappa shape index (κ1) is 11.9. The summed E-state index contributed by atoms with van der Waals surface area (Å²) in [4.78, 5) is 5.26. The van der Waals surface area contributed by atoms with Crippen LogP contribution in [0, 0.1) is 0 Å². The first-order chi connectivity index (χ1) is 9.24. The molecule has 0 aliphatic heterocycles. The fraction of sp³-hybridized carbons (Fsp3) is 0.0769. The van der Waals surface area contributed by atoms with Crippen molar-refractivity contribution in [1.29, 1.82) is 0 Å². The summed E-state index contributed by atoms with van der Waals surface area (Å²) in [6, 6.07) is 10.0. The molecule has 6 heteroatoms. The van der Waals surface area contributed by atoms with Crippen LogP contribution >= 0.6 is 11.3 Å². The van der Waals surface area contributed by atoms with Crippen LogP contribution in [0.4, 0.5) is 0 Å². The Labute approximate surface area is 113 Å². The molecule has 5 nitrogen and oxygen atoms in total. The highest BCUT2D eigenvalue weighted by Crippen LogP contribution is 2.25. The lowest BCUT2D eigenvalue weighted by atomic mass is 10.2. The van der Waals surface area contributed by atoms with Gasteiger partial charge in [0.1, 0.15) is 11.8 Å². The summed E-state index contributed by atoms with van der Waals surface area (Å²) in [5, 5.41) is 15.1. The van der Waals surface area contributed by atoms with Crippen molar-refractivity contribution in [2.75, 3.05) is 0 Å². The van der Waals surface area contributed by atoms with E-state index < -0.39 is 6.04 Å². The summed E-state index contributed by atoms with van der Waals surface area (Å²) >= 11 is 1.55. The average molecular weight is 273 g/mol. The minimum atomic E-state index is -0.404. The molecule has 1 unspecified atom stereocenters. The number of aromatic nitrogens is 2.